The predicted molar refractivity (Wildman–Crippen MR) is 64.9 cm³/mol. The maximum absolute atomic E-state index is 13.7. The molecule has 0 radical (unpaired) electrons. The van der Waals surface area contributed by atoms with Gasteiger partial charge in [-0.2, -0.15) is 5.10 Å². The quantitative estimate of drug-likeness (QED) is 0.743. The number of aromatic nitrogens is 2. The van der Waals surface area contributed by atoms with E-state index in [0.29, 0.717) is 5.69 Å². The maximum Gasteiger partial charge on any atom is 0.266 e. The van der Waals surface area contributed by atoms with Crippen molar-refractivity contribution >= 4 is 21.5 Å². The van der Waals surface area contributed by atoms with E-state index in [4.69, 9.17) is 5.73 Å². The predicted octanol–water partition coefficient (Wildman–Crippen LogP) is 1.38. The van der Waals surface area contributed by atoms with Crippen LogP contribution >= 0.6 is 0 Å². The van der Waals surface area contributed by atoms with Crippen LogP contribution in [0.25, 0.3) is 0 Å². The summed E-state index contributed by atoms with van der Waals surface area (Å²) in [7, 11) is -4.22. The third-order valence-corrected chi connectivity index (χ3v) is 3.70. The molecule has 4 N–H and O–H groups in total. The molecule has 0 saturated carbocycles. The lowest BCUT2D eigenvalue weighted by Gasteiger charge is -2.08. The smallest absolute Gasteiger partial charge is 0.266 e. The summed E-state index contributed by atoms with van der Waals surface area (Å²) >= 11 is 0. The van der Waals surface area contributed by atoms with Gasteiger partial charge in [-0.25, -0.2) is 17.2 Å². The van der Waals surface area contributed by atoms with Crippen molar-refractivity contribution in [3.63, 3.8) is 0 Å². The van der Waals surface area contributed by atoms with Gasteiger partial charge in [0, 0.05) is 11.8 Å². The molecule has 6 nitrogen and oxygen atoms in total. The van der Waals surface area contributed by atoms with E-state index in [1.54, 1.807) is 6.92 Å². The van der Waals surface area contributed by atoms with Crippen molar-refractivity contribution in [2.45, 2.75) is 11.8 Å². The summed E-state index contributed by atoms with van der Waals surface area (Å²) in [6.07, 6.45) is 0. The molecule has 9 heteroatoms. The van der Waals surface area contributed by atoms with Crippen LogP contribution in [0.3, 0.4) is 0 Å². The molecule has 2 aromatic rings. The first-order valence-corrected chi connectivity index (χ1v) is 6.58. The van der Waals surface area contributed by atoms with Gasteiger partial charge < -0.3 is 5.73 Å². The Morgan fingerprint density at radius 2 is 2.05 bits per heavy atom. The number of H-pyrrole nitrogens is 1. The highest BCUT2D eigenvalue weighted by atomic mass is 32.2. The lowest BCUT2D eigenvalue weighted by molar-refractivity contribution is 0.557. The van der Waals surface area contributed by atoms with E-state index < -0.39 is 32.2 Å². The minimum absolute atomic E-state index is 0.000188. The van der Waals surface area contributed by atoms with Gasteiger partial charge in [0.2, 0.25) is 0 Å². The Morgan fingerprint density at radius 3 is 2.63 bits per heavy atom. The van der Waals surface area contributed by atoms with Crippen molar-refractivity contribution in [2.75, 3.05) is 10.5 Å². The Hall–Kier alpha value is -2.16. The van der Waals surface area contributed by atoms with Crippen molar-refractivity contribution in [1.29, 1.82) is 0 Å². The van der Waals surface area contributed by atoms with E-state index in [1.807, 2.05) is 0 Å². The fraction of sp³-hybridized carbons (Fsp3) is 0.100. The average molecular weight is 288 g/mol. The zero-order chi connectivity index (χ0) is 14.2. The number of nitrogens with two attached hydrogens (primary N) is 1. The van der Waals surface area contributed by atoms with E-state index in [-0.39, 0.29) is 5.82 Å². The van der Waals surface area contributed by atoms with Crippen LogP contribution in [-0.4, -0.2) is 18.6 Å². The fourth-order valence-corrected chi connectivity index (χ4v) is 2.50. The molecule has 0 spiro atoms. The van der Waals surface area contributed by atoms with Gasteiger partial charge in [-0.05, 0) is 19.1 Å². The monoisotopic (exact) mass is 288 g/mol. The lowest BCUT2D eigenvalue weighted by Crippen LogP contribution is -2.16. The highest BCUT2D eigenvalue weighted by Crippen LogP contribution is 2.24. The number of rotatable bonds is 3. The first kappa shape index (κ1) is 13.3. The van der Waals surface area contributed by atoms with Crippen LogP contribution in [0.15, 0.2) is 23.1 Å². The summed E-state index contributed by atoms with van der Waals surface area (Å²) < 4.78 is 52.5. The Labute approximate surface area is 107 Å². The summed E-state index contributed by atoms with van der Waals surface area (Å²) in [5.41, 5.74) is 4.89. The number of hydrogen-bond donors (Lipinski definition) is 3. The third kappa shape index (κ3) is 2.50. The number of nitrogens with zero attached hydrogens (tertiary/aromatic N) is 1. The number of halogens is 2. The Bertz CT molecular complexity index is 727. The van der Waals surface area contributed by atoms with E-state index in [0.717, 1.165) is 12.1 Å². The molecular formula is C10H10F2N4O2S. The zero-order valence-electron chi connectivity index (χ0n) is 9.74. The van der Waals surface area contributed by atoms with Gasteiger partial charge in [-0.3, -0.25) is 9.82 Å². The van der Waals surface area contributed by atoms with Gasteiger partial charge in [-0.15, -0.1) is 0 Å². The molecule has 0 bridgehead atoms. The number of hydrogen-bond acceptors (Lipinski definition) is 4. The van der Waals surface area contributed by atoms with Crippen LogP contribution in [0.5, 0.6) is 0 Å². The molecule has 0 aliphatic rings. The number of nitrogen functional groups attached to an aromatic ring is 1. The molecule has 0 aliphatic heterocycles. The summed E-state index contributed by atoms with van der Waals surface area (Å²) in [5.74, 6) is -2.35. The molecule has 0 unspecified atom stereocenters. The second-order valence-electron chi connectivity index (χ2n) is 3.81. The standard InChI is InChI=1S/C10H10F2N4O2S/c1-5-4-8(15-14-5)16-19(17,18)7-3-2-6(11)10(13)9(7)12/h2-4H,13H2,1H3,(H2,14,15,16). The van der Waals surface area contributed by atoms with Gasteiger partial charge >= 0.3 is 0 Å². The maximum atomic E-state index is 13.7. The van der Waals surface area contributed by atoms with E-state index in [1.165, 1.54) is 6.07 Å². The molecule has 1 aromatic heterocycles. The molecule has 102 valence electrons. The van der Waals surface area contributed by atoms with Gasteiger partial charge in [0.15, 0.2) is 11.6 Å². The zero-order valence-corrected chi connectivity index (χ0v) is 10.6. The van der Waals surface area contributed by atoms with Gasteiger partial charge in [-0.1, -0.05) is 0 Å². The minimum atomic E-state index is -4.22. The van der Waals surface area contributed by atoms with Gasteiger partial charge in [0.05, 0.1) is 0 Å². The molecule has 0 atom stereocenters. The Morgan fingerprint density at radius 1 is 1.37 bits per heavy atom. The summed E-state index contributed by atoms with van der Waals surface area (Å²) in [5, 5.41) is 6.18. The van der Waals surface area contributed by atoms with Crippen LogP contribution in [0, 0.1) is 18.6 Å². The van der Waals surface area contributed by atoms with Crippen molar-refractivity contribution in [3.8, 4) is 0 Å². The number of aryl methyl sites for hydroxylation is 1. The highest BCUT2D eigenvalue weighted by molar-refractivity contribution is 7.92. The van der Waals surface area contributed by atoms with Crippen molar-refractivity contribution in [3.05, 3.63) is 35.5 Å². The first-order chi connectivity index (χ1) is 8.81. The molecule has 1 heterocycles. The van der Waals surface area contributed by atoms with Gasteiger partial charge in [0.1, 0.15) is 16.4 Å². The summed E-state index contributed by atoms with van der Waals surface area (Å²) in [4.78, 5) is -0.743. The van der Waals surface area contributed by atoms with Crippen molar-refractivity contribution in [2.24, 2.45) is 0 Å². The van der Waals surface area contributed by atoms with Crippen LogP contribution in [0.2, 0.25) is 0 Å². The molecule has 19 heavy (non-hydrogen) atoms. The Kier molecular flexibility index (Phi) is 3.14. The molecule has 0 fully saturated rings. The number of benzene rings is 1. The van der Waals surface area contributed by atoms with Crippen LogP contribution in [0.1, 0.15) is 5.69 Å². The van der Waals surface area contributed by atoms with Crippen LogP contribution in [-0.2, 0) is 10.0 Å². The summed E-state index contributed by atoms with van der Waals surface area (Å²) in [6, 6.07) is 2.99. The SMILES string of the molecule is Cc1cc(NS(=O)(=O)c2ccc(F)c(N)c2F)n[nH]1. The van der Waals surface area contributed by atoms with E-state index in [9.17, 15) is 17.2 Å². The molecule has 0 amide bonds. The topological polar surface area (TPSA) is 101 Å². The summed E-state index contributed by atoms with van der Waals surface area (Å²) in [6.45, 7) is 1.67. The lowest BCUT2D eigenvalue weighted by atomic mass is 10.3. The third-order valence-electron chi connectivity index (χ3n) is 2.33. The number of sulfonamides is 1. The van der Waals surface area contributed by atoms with Crippen molar-refractivity contribution < 1.29 is 17.2 Å². The second kappa shape index (κ2) is 4.50. The minimum Gasteiger partial charge on any atom is -0.394 e. The van der Waals surface area contributed by atoms with E-state index >= 15 is 0 Å². The molecule has 1 aromatic carbocycles. The molecular weight excluding hydrogens is 278 g/mol. The number of aromatic amines is 1. The Balaban J connectivity index is 2.43. The number of nitrogens with one attached hydrogen (secondary N) is 2. The number of anilines is 2. The van der Waals surface area contributed by atoms with Gasteiger partial charge in [0.25, 0.3) is 10.0 Å². The average Bonchev–Trinajstić information content (AvgIpc) is 2.70. The van der Waals surface area contributed by atoms with Crippen molar-refractivity contribution in [1.82, 2.24) is 10.2 Å². The van der Waals surface area contributed by atoms with E-state index in [2.05, 4.69) is 14.9 Å². The molecule has 0 saturated heterocycles. The first-order valence-electron chi connectivity index (χ1n) is 5.09. The highest BCUT2D eigenvalue weighted by Gasteiger charge is 2.23. The molecule has 2 rings (SSSR count). The normalized spacial score (nSPS) is 11.5. The fourth-order valence-electron chi connectivity index (χ4n) is 1.42. The second-order valence-corrected chi connectivity index (χ2v) is 5.47. The molecule has 0 aliphatic carbocycles. The van der Waals surface area contributed by atoms with Crippen LogP contribution in [0.4, 0.5) is 20.3 Å². The van der Waals surface area contributed by atoms with Crippen LogP contribution < -0.4 is 10.5 Å². The largest absolute Gasteiger partial charge is 0.394 e.